The smallest absolute Gasteiger partial charge is 0.144 e. The Labute approximate surface area is 102 Å². The molecular formula is C13H17N3O. The first-order valence-electron chi connectivity index (χ1n) is 5.89. The zero-order valence-electron chi connectivity index (χ0n) is 10.1. The van der Waals surface area contributed by atoms with Crippen molar-refractivity contribution in [2.45, 2.75) is 31.9 Å². The minimum Gasteiger partial charge on any atom is -0.390 e. The molecule has 2 heterocycles. The van der Waals surface area contributed by atoms with Crippen LogP contribution in [0.15, 0.2) is 18.3 Å². The minimum absolute atomic E-state index is 0.504. The summed E-state index contributed by atoms with van der Waals surface area (Å²) in [6, 6.07) is 5.91. The average molecular weight is 231 g/mol. The molecule has 0 aromatic carbocycles. The van der Waals surface area contributed by atoms with Crippen LogP contribution in [-0.4, -0.2) is 33.7 Å². The second-order valence-corrected chi connectivity index (χ2v) is 4.90. The normalized spacial score (nSPS) is 19.8. The molecule has 2 rings (SSSR count). The SMILES string of the molecule is CC1(O)CCN(Cc2cccnc2C#N)CC1. The van der Waals surface area contributed by atoms with Gasteiger partial charge in [-0.3, -0.25) is 4.90 Å². The van der Waals surface area contributed by atoms with Gasteiger partial charge in [-0.25, -0.2) is 4.98 Å². The summed E-state index contributed by atoms with van der Waals surface area (Å²) >= 11 is 0. The molecule has 1 aliphatic rings. The largest absolute Gasteiger partial charge is 0.390 e. The van der Waals surface area contributed by atoms with Crippen LogP contribution in [0.3, 0.4) is 0 Å². The van der Waals surface area contributed by atoms with E-state index >= 15 is 0 Å². The summed E-state index contributed by atoms with van der Waals surface area (Å²) in [6.07, 6.45) is 3.22. The third-order valence-corrected chi connectivity index (χ3v) is 3.32. The molecule has 0 saturated carbocycles. The molecule has 90 valence electrons. The Balaban J connectivity index is 2.01. The molecule has 0 radical (unpaired) electrons. The lowest BCUT2D eigenvalue weighted by atomic mass is 9.93. The van der Waals surface area contributed by atoms with Gasteiger partial charge in [-0.15, -0.1) is 0 Å². The fourth-order valence-electron chi connectivity index (χ4n) is 2.10. The number of hydrogen-bond donors (Lipinski definition) is 1. The van der Waals surface area contributed by atoms with E-state index in [1.54, 1.807) is 6.20 Å². The topological polar surface area (TPSA) is 60.1 Å². The number of aromatic nitrogens is 1. The van der Waals surface area contributed by atoms with Crippen molar-refractivity contribution in [1.29, 1.82) is 5.26 Å². The lowest BCUT2D eigenvalue weighted by Crippen LogP contribution is -2.42. The zero-order chi connectivity index (χ0) is 12.3. The summed E-state index contributed by atoms with van der Waals surface area (Å²) in [5, 5.41) is 18.8. The van der Waals surface area contributed by atoms with E-state index in [9.17, 15) is 5.11 Å². The van der Waals surface area contributed by atoms with Crippen molar-refractivity contribution in [3.8, 4) is 6.07 Å². The van der Waals surface area contributed by atoms with E-state index in [1.807, 2.05) is 19.1 Å². The summed E-state index contributed by atoms with van der Waals surface area (Å²) in [7, 11) is 0. The molecule has 17 heavy (non-hydrogen) atoms. The summed E-state index contributed by atoms with van der Waals surface area (Å²) in [4.78, 5) is 6.31. The number of rotatable bonds is 2. The van der Waals surface area contributed by atoms with Crippen LogP contribution >= 0.6 is 0 Å². The molecule has 1 aromatic rings. The highest BCUT2D eigenvalue weighted by molar-refractivity contribution is 5.30. The number of nitrogens with zero attached hydrogens (tertiary/aromatic N) is 3. The van der Waals surface area contributed by atoms with Crippen LogP contribution in [0.25, 0.3) is 0 Å². The van der Waals surface area contributed by atoms with Crippen molar-refractivity contribution >= 4 is 0 Å². The highest BCUT2D eigenvalue weighted by Crippen LogP contribution is 2.22. The van der Waals surface area contributed by atoms with E-state index in [0.29, 0.717) is 5.69 Å². The van der Waals surface area contributed by atoms with E-state index < -0.39 is 5.60 Å². The van der Waals surface area contributed by atoms with Gasteiger partial charge < -0.3 is 5.11 Å². The molecule has 1 fully saturated rings. The van der Waals surface area contributed by atoms with Gasteiger partial charge in [0.1, 0.15) is 11.8 Å². The Morgan fingerprint density at radius 1 is 1.53 bits per heavy atom. The standard InChI is InChI=1S/C13H17N3O/c1-13(17)4-7-16(8-5-13)10-11-3-2-6-15-12(11)9-14/h2-3,6,17H,4-5,7-8,10H2,1H3. The van der Waals surface area contributed by atoms with Crippen molar-refractivity contribution in [2.75, 3.05) is 13.1 Å². The molecule has 0 amide bonds. The van der Waals surface area contributed by atoms with Gasteiger partial charge in [-0.2, -0.15) is 5.26 Å². The van der Waals surface area contributed by atoms with Crippen LogP contribution in [0.2, 0.25) is 0 Å². The van der Waals surface area contributed by atoms with Gasteiger partial charge in [0.25, 0.3) is 0 Å². The van der Waals surface area contributed by atoms with Crippen LogP contribution in [0.5, 0.6) is 0 Å². The molecule has 1 aromatic heterocycles. The maximum Gasteiger partial charge on any atom is 0.144 e. The Kier molecular flexibility index (Phi) is 3.41. The molecule has 0 bridgehead atoms. The van der Waals surface area contributed by atoms with Crippen LogP contribution in [0, 0.1) is 11.3 Å². The van der Waals surface area contributed by atoms with E-state index in [1.165, 1.54) is 0 Å². The highest BCUT2D eigenvalue weighted by Gasteiger charge is 2.27. The predicted molar refractivity (Wildman–Crippen MR) is 64.1 cm³/mol. The van der Waals surface area contributed by atoms with E-state index in [4.69, 9.17) is 5.26 Å². The Bertz CT molecular complexity index is 427. The number of aliphatic hydroxyl groups is 1. The first kappa shape index (κ1) is 12.0. The predicted octanol–water partition coefficient (Wildman–Crippen LogP) is 1.30. The van der Waals surface area contributed by atoms with Crippen molar-refractivity contribution in [1.82, 2.24) is 9.88 Å². The molecule has 0 unspecified atom stereocenters. The number of likely N-dealkylation sites (tertiary alicyclic amines) is 1. The highest BCUT2D eigenvalue weighted by atomic mass is 16.3. The van der Waals surface area contributed by atoms with E-state index in [0.717, 1.165) is 38.0 Å². The minimum atomic E-state index is -0.524. The van der Waals surface area contributed by atoms with Crippen LogP contribution in [-0.2, 0) is 6.54 Å². The van der Waals surface area contributed by atoms with Crippen molar-refractivity contribution in [3.05, 3.63) is 29.6 Å². The zero-order valence-corrected chi connectivity index (χ0v) is 10.1. The third-order valence-electron chi connectivity index (χ3n) is 3.32. The Hall–Kier alpha value is -1.44. The molecule has 4 nitrogen and oxygen atoms in total. The van der Waals surface area contributed by atoms with Crippen molar-refractivity contribution in [3.63, 3.8) is 0 Å². The van der Waals surface area contributed by atoms with Crippen LogP contribution < -0.4 is 0 Å². The molecule has 1 saturated heterocycles. The monoisotopic (exact) mass is 231 g/mol. The Morgan fingerprint density at radius 2 is 2.24 bits per heavy atom. The van der Waals surface area contributed by atoms with Gasteiger partial charge in [0.05, 0.1) is 5.60 Å². The first-order valence-corrected chi connectivity index (χ1v) is 5.89. The third kappa shape index (κ3) is 3.02. The van der Waals surface area contributed by atoms with E-state index in [-0.39, 0.29) is 0 Å². The molecule has 1 aliphatic heterocycles. The van der Waals surface area contributed by atoms with Gasteiger partial charge >= 0.3 is 0 Å². The molecule has 0 spiro atoms. The van der Waals surface area contributed by atoms with Crippen molar-refractivity contribution < 1.29 is 5.11 Å². The lowest BCUT2D eigenvalue weighted by Gasteiger charge is -2.35. The van der Waals surface area contributed by atoms with Gasteiger partial charge in [0.2, 0.25) is 0 Å². The van der Waals surface area contributed by atoms with Gasteiger partial charge in [0, 0.05) is 31.4 Å². The van der Waals surface area contributed by atoms with Crippen molar-refractivity contribution in [2.24, 2.45) is 0 Å². The fourth-order valence-corrected chi connectivity index (χ4v) is 2.10. The van der Waals surface area contributed by atoms with Crippen LogP contribution in [0.1, 0.15) is 31.0 Å². The first-order chi connectivity index (χ1) is 8.11. The number of nitriles is 1. The maximum absolute atomic E-state index is 9.87. The summed E-state index contributed by atoms with van der Waals surface area (Å²) in [5.41, 5.74) is 0.949. The number of piperidine rings is 1. The quantitative estimate of drug-likeness (QED) is 0.833. The maximum atomic E-state index is 9.87. The summed E-state index contributed by atoms with van der Waals surface area (Å²) in [6.45, 7) is 4.36. The second kappa shape index (κ2) is 4.82. The number of pyridine rings is 1. The fraction of sp³-hybridized carbons (Fsp3) is 0.538. The molecular weight excluding hydrogens is 214 g/mol. The molecule has 0 aliphatic carbocycles. The molecule has 0 atom stereocenters. The Morgan fingerprint density at radius 3 is 2.88 bits per heavy atom. The molecule has 1 N–H and O–H groups in total. The van der Waals surface area contributed by atoms with Gasteiger partial charge in [0.15, 0.2) is 0 Å². The van der Waals surface area contributed by atoms with Gasteiger partial charge in [-0.1, -0.05) is 6.07 Å². The summed E-state index contributed by atoms with van der Waals surface area (Å²) < 4.78 is 0. The van der Waals surface area contributed by atoms with E-state index in [2.05, 4.69) is 16.0 Å². The lowest BCUT2D eigenvalue weighted by molar-refractivity contribution is -0.00733. The summed E-state index contributed by atoms with van der Waals surface area (Å²) in [5.74, 6) is 0. The van der Waals surface area contributed by atoms with Crippen LogP contribution in [0.4, 0.5) is 0 Å². The number of hydrogen-bond acceptors (Lipinski definition) is 4. The molecule has 4 heteroatoms. The second-order valence-electron chi connectivity index (χ2n) is 4.90. The van der Waals surface area contributed by atoms with Gasteiger partial charge in [-0.05, 0) is 25.8 Å². The average Bonchev–Trinajstić information content (AvgIpc) is 2.32.